The number of pyridine rings is 2. The lowest BCUT2D eigenvalue weighted by Gasteiger charge is -2.37. The van der Waals surface area contributed by atoms with E-state index in [2.05, 4.69) is 61.7 Å². The lowest BCUT2D eigenvalue weighted by molar-refractivity contribution is 0.357. The molecule has 6 nitrogen and oxygen atoms in total. The number of anilines is 2. The highest BCUT2D eigenvalue weighted by atomic mass is 35.5. The highest BCUT2D eigenvalue weighted by Gasteiger charge is 2.42. The molecule has 6 rings (SSSR count). The van der Waals surface area contributed by atoms with Crippen molar-refractivity contribution in [2.75, 3.05) is 22.9 Å². The van der Waals surface area contributed by atoms with Crippen molar-refractivity contribution in [3.63, 3.8) is 0 Å². The van der Waals surface area contributed by atoms with Gasteiger partial charge in [0.1, 0.15) is 11.9 Å². The van der Waals surface area contributed by atoms with E-state index < -0.39 is 0 Å². The van der Waals surface area contributed by atoms with Crippen LogP contribution < -0.4 is 15.1 Å². The molecule has 0 amide bonds. The summed E-state index contributed by atoms with van der Waals surface area (Å²) in [6, 6.07) is 19.8. The molecule has 9 heteroatoms. The molecule has 39 heavy (non-hydrogen) atoms. The summed E-state index contributed by atoms with van der Waals surface area (Å²) in [6.45, 7) is 6.65. The zero-order valence-corrected chi connectivity index (χ0v) is 24.2. The van der Waals surface area contributed by atoms with Gasteiger partial charge in [0.25, 0.3) is 0 Å². The lowest BCUT2D eigenvalue weighted by Crippen LogP contribution is -2.38. The van der Waals surface area contributed by atoms with Crippen molar-refractivity contribution in [3.05, 3.63) is 101 Å². The number of rotatable bonds is 5. The second kappa shape index (κ2) is 10.8. The Morgan fingerprint density at radius 1 is 0.949 bits per heavy atom. The molecule has 4 atom stereocenters. The highest BCUT2D eigenvalue weighted by Crippen LogP contribution is 2.44. The van der Waals surface area contributed by atoms with E-state index in [1.807, 2.05) is 54.9 Å². The van der Waals surface area contributed by atoms with Crippen LogP contribution in [0.15, 0.2) is 79.3 Å². The normalized spacial score (nSPS) is 23.2. The molecule has 3 aromatic heterocycles. The first-order chi connectivity index (χ1) is 18.9. The number of piperidine rings is 1. The van der Waals surface area contributed by atoms with Gasteiger partial charge in [-0.1, -0.05) is 43.1 Å². The van der Waals surface area contributed by atoms with E-state index in [0.29, 0.717) is 22.0 Å². The second-order valence-corrected chi connectivity index (χ2v) is 11.9. The van der Waals surface area contributed by atoms with Gasteiger partial charge in [0, 0.05) is 43.1 Å². The zero-order chi connectivity index (χ0) is 27.1. The molecule has 2 saturated heterocycles. The van der Waals surface area contributed by atoms with Gasteiger partial charge < -0.3 is 19.7 Å². The van der Waals surface area contributed by atoms with E-state index in [9.17, 15) is 0 Å². The Hall–Kier alpha value is -3.13. The van der Waals surface area contributed by atoms with Crippen molar-refractivity contribution >= 4 is 51.9 Å². The highest BCUT2D eigenvalue weighted by molar-refractivity contribution is 7.80. The van der Waals surface area contributed by atoms with Crippen molar-refractivity contribution < 1.29 is 0 Å². The second-order valence-electron chi connectivity index (χ2n) is 10.6. The number of aromatic nitrogens is 3. The van der Waals surface area contributed by atoms with Crippen LogP contribution in [0.5, 0.6) is 0 Å². The molecular formula is C30H30Cl2N6S. The topological polar surface area (TPSA) is 49.2 Å². The zero-order valence-electron chi connectivity index (χ0n) is 21.8. The molecule has 0 radical (unpaired) electrons. The summed E-state index contributed by atoms with van der Waals surface area (Å²) in [7, 11) is 0. The molecule has 1 N–H and O–H groups in total. The minimum Gasteiger partial charge on any atom is -0.370 e. The Bertz CT molecular complexity index is 1460. The van der Waals surface area contributed by atoms with Crippen LogP contribution in [0.1, 0.15) is 43.7 Å². The van der Waals surface area contributed by atoms with Crippen LogP contribution in [0.2, 0.25) is 10.0 Å². The molecule has 2 aliphatic rings. The van der Waals surface area contributed by atoms with Crippen LogP contribution in [0.4, 0.5) is 11.4 Å². The molecule has 200 valence electrons. The molecule has 4 aromatic rings. The molecule has 5 heterocycles. The first-order valence-corrected chi connectivity index (χ1v) is 14.4. The maximum Gasteiger partial charge on any atom is 0.174 e. The Kier molecular flexibility index (Phi) is 7.23. The Morgan fingerprint density at radius 2 is 1.77 bits per heavy atom. The summed E-state index contributed by atoms with van der Waals surface area (Å²) in [5.41, 5.74) is 3.93. The van der Waals surface area contributed by atoms with Crippen LogP contribution in [0, 0.1) is 11.8 Å². The molecule has 0 bridgehead atoms. The van der Waals surface area contributed by atoms with E-state index in [-0.39, 0.29) is 12.1 Å². The van der Waals surface area contributed by atoms with Crippen LogP contribution >= 0.6 is 35.4 Å². The predicted octanol–water partition coefficient (Wildman–Crippen LogP) is 7.23. The number of nitrogens with one attached hydrogen (secondary N) is 1. The van der Waals surface area contributed by atoms with Crippen molar-refractivity contribution in [2.45, 2.75) is 32.4 Å². The Morgan fingerprint density at radius 3 is 2.46 bits per heavy atom. The Balaban J connectivity index is 1.42. The summed E-state index contributed by atoms with van der Waals surface area (Å²) >= 11 is 19.1. The first kappa shape index (κ1) is 26.1. The fourth-order valence-corrected chi connectivity index (χ4v) is 6.80. The van der Waals surface area contributed by atoms with Crippen molar-refractivity contribution in [1.29, 1.82) is 0 Å². The van der Waals surface area contributed by atoms with Gasteiger partial charge in [-0.2, -0.15) is 0 Å². The van der Waals surface area contributed by atoms with Gasteiger partial charge in [-0.25, -0.2) is 4.98 Å². The van der Waals surface area contributed by atoms with E-state index in [4.69, 9.17) is 35.4 Å². The van der Waals surface area contributed by atoms with Crippen LogP contribution in [-0.4, -0.2) is 32.7 Å². The fraction of sp³-hybridized carbons (Fsp3) is 0.300. The summed E-state index contributed by atoms with van der Waals surface area (Å²) in [4.78, 5) is 13.8. The van der Waals surface area contributed by atoms with Gasteiger partial charge >= 0.3 is 0 Å². The monoisotopic (exact) mass is 576 g/mol. The minimum absolute atomic E-state index is 0.179. The molecule has 1 aromatic carbocycles. The molecule has 0 aliphatic carbocycles. The molecule has 0 unspecified atom stereocenters. The average Bonchev–Trinajstić information content (AvgIpc) is 3.53. The molecule has 0 spiro atoms. The van der Waals surface area contributed by atoms with Gasteiger partial charge in [-0.05, 0) is 85.1 Å². The quantitative estimate of drug-likeness (QED) is 0.253. The van der Waals surface area contributed by atoms with Gasteiger partial charge in [0.15, 0.2) is 5.11 Å². The third-order valence-electron chi connectivity index (χ3n) is 7.56. The third-order valence-corrected chi connectivity index (χ3v) is 8.40. The van der Waals surface area contributed by atoms with Gasteiger partial charge in [-0.3, -0.25) is 4.98 Å². The predicted molar refractivity (Wildman–Crippen MR) is 163 cm³/mol. The smallest absolute Gasteiger partial charge is 0.174 e. The number of hydrogen-bond acceptors (Lipinski definition) is 4. The minimum atomic E-state index is -0.197. The largest absolute Gasteiger partial charge is 0.370 e. The maximum absolute atomic E-state index is 6.98. The summed E-state index contributed by atoms with van der Waals surface area (Å²) < 4.78 is 2.08. The SMILES string of the molecule is C[C@@H]1C[C@@H](C)CN(c2ccc(N3C(=S)N[C@@H](c4ccccn4)[C@@H]3c3cccn3-c3ccc(Cl)cn3)cc2Cl)C1. The number of thiocarbonyl (C=S) groups is 1. The lowest BCUT2D eigenvalue weighted by atomic mass is 9.91. The molecule has 2 fully saturated rings. The van der Waals surface area contributed by atoms with E-state index in [1.54, 1.807) is 6.20 Å². The van der Waals surface area contributed by atoms with Crippen molar-refractivity contribution in [2.24, 2.45) is 11.8 Å². The molecular weight excluding hydrogens is 547 g/mol. The Labute approximate surface area is 244 Å². The third kappa shape index (κ3) is 5.11. The molecule has 2 aliphatic heterocycles. The number of halogens is 2. The van der Waals surface area contributed by atoms with E-state index in [0.717, 1.165) is 46.7 Å². The molecule has 0 saturated carbocycles. The van der Waals surface area contributed by atoms with Crippen molar-refractivity contribution in [1.82, 2.24) is 19.9 Å². The first-order valence-electron chi connectivity index (χ1n) is 13.2. The van der Waals surface area contributed by atoms with Crippen LogP contribution in [0.3, 0.4) is 0 Å². The average molecular weight is 578 g/mol. The van der Waals surface area contributed by atoms with Crippen LogP contribution in [-0.2, 0) is 0 Å². The van der Waals surface area contributed by atoms with Gasteiger partial charge in [-0.15, -0.1) is 0 Å². The van der Waals surface area contributed by atoms with Crippen molar-refractivity contribution in [3.8, 4) is 5.82 Å². The standard InChI is InChI=1S/C30H30Cl2N6S/c1-19-14-20(2)18-36(17-19)25-10-9-22(15-23(25)32)38-29(28(35-30(38)39)24-6-3-4-12-33-24)26-7-5-13-37(26)27-11-8-21(31)16-34-27/h3-13,15-16,19-20,28-29H,14,17-18H2,1-2H3,(H,35,39)/t19-,20-,28+,29+/m1/s1. The summed E-state index contributed by atoms with van der Waals surface area (Å²) in [5.74, 6) is 2.05. The summed E-state index contributed by atoms with van der Waals surface area (Å²) in [5, 5.41) is 5.48. The van der Waals surface area contributed by atoms with E-state index >= 15 is 0 Å². The number of nitrogens with zero attached hydrogens (tertiary/aromatic N) is 5. The van der Waals surface area contributed by atoms with E-state index in [1.165, 1.54) is 6.42 Å². The van der Waals surface area contributed by atoms with Gasteiger partial charge in [0.2, 0.25) is 0 Å². The maximum atomic E-state index is 6.98. The fourth-order valence-electron chi connectivity index (χ4n) is 6.05. The van der Waals surface area contributed by atoms with Gasteiger partial charge in [0.05, 0.1) is 27.5 Å². The van der Waals surface area contributed by atoms with Crippen LogP contribution in [0.25, 0.3) is 5.82 Å². The number of benzene rings is 1. The summed E-state index contributed by atoms with van der Waals surface area (Å²) in [6.07, 6.45) is 6.73. The number of hydrogen-bond donors (Lipinski definition) is 1.